The first-order valence-electron chi connectivity index (χ1n) is 5.80. The van der Waals surface area contributed by atoms with Gasteiger partial charge in [0.15, 0.2) is 0 Å². The fourth-order valence-electron chi connectivity index (χ4n) is 1.73. The highest BCUT2D eigenvalue weighted by atomic mass is 35.5. The van der Waals surface area contributed by atoms with E-state index in [9.17, 15) is 0 Å². The number of aromatic nitrogens is 1. The molecular formula is C14H14Cl2N2O. The molecule has 19 heavy (non-hydrogen) atoms. The van der Waals surface area contributed by atoms with Crippen LogP contribution in [0.2, 0.25) is 10.0 Å². The Morgan fingerprint density at radius 3 is 2.32 bits per heavy atom. The molecule has 0 aliphatic rings. The molecule has 0 unspecified atom stereocenters. The van der Waals surface area contributed by atoms with E-state index in [1.165, 1.54) is 0 Å². The predicted molar refractivity (Wildman–Crippen MR) is 78.1 cm³/mol. The highest BCUT2D eigenvalue weighted by Crippen LogP contribution is 2.31. The molecule has 2 rings (SSSR count). The van der Waals surface area contributed by atoms with Gasteiger partial charge in [0.05, 0.1) is 0 Å². The van der Waals surface area contributed by atoms with Crippen LogP contribution in [0.5, 0.6) is 11.6 Å². The molecule has 0 spiro atoms. The Morgan fingerprint density at radius 1 is 1.16 bits per heavy atom. The predicted octanol–water partition coefficient (Wildman–Crippen LogP) is 4.26. The minimum Gasteiger partial charge on any atom is -0.438 e. The third kappa shape index (κ3) is 3.18. The lowest BCUT2D eigenvalue weighted by molar-refractivity contribution is 0.462. The highest BCUT2D eigenvalue weighted by Gasteiger charge is 2.08. The van der Waals surface area contributed by atoms with Crippen LogP contribution in [0.1, 0.15) is 16.7 Å². The Kier molecular flexibility index (Phi) is 4.30. The Balaban J connectivity index is 2.31. The zero-order valence-electron chi connectivity index (χ0n) is 10.7. The molecule has 3 nitrogen and oxygen atoms in total. The summed E-state index contributed by atoms with van der Waals surface area (Å²) in [4.78, 5) is 4.16. The molecule has 0 fully saturated rings. The van der Waals surface area contributed by atoms with Crippen molar-refractivity contribution in [3.63, 3.8) is 0 Å². The summed E-state index contributed by atoms with van der Waals surface area (Å²) in [5, 5.41) is 1.18. The van der Waals surface area contributed by atoms with E-state index < -0.39 is 0 Å². The number of hydrogen-bond acceptors (Lipinski definition) is 3. The van der Waals surface area contributed by atoms with E-state index >= 15 is 0 Å². The number of pyridine rings is 1. The van der Waals surface area contributed by atoms with Crippen molar-refractivity contribution in [3.05, 3.63) is 51.1 Å². The maximum absolute atomic E-state index is 6.11. The normalized spacial score (nSPS) is 10.6. The van der Waals surface area contributed by atoms with Crippen LogP contribution >= 0.6 is 23.2 Å². The average Bonchev–Trinajstić information content (AvgIpc) is 2.38. The summed E-state index contributed by atoms with van der Waals surface area (Å²) in [7, 11) is 0. The van der Waals surface area contributed by atoms with Crippen molar-refractivity contribution >= 4 is 23.2 Å². The van der Waals surface area contributed by atoms with Crippen LogP contribution < -0.4 is 10.5 Å². The number of halogens is 2. The molecule has 2 N–H and O–H groups in total. The van der Waals surface area contributed by atoms with Crippen LogP contribution in [-0.4, -0.2) is 4.98 Å². The van der Waals surface area contributed by atoms with E-state index in [1.54, 1.807) is 12.3 Å². The van der Waals surface area contributed by atoms with Gasteiger partial charge in [0, 0.05) is 17.8 Å². The van der Waals surface area contributed by atoms with E-state index in [-0.39, 0.29) is 0 Å². The smallest absolute Gasteiger partial charge is 0.238 e. The topological polar surface area (TPSA) is 48.1 Å². The van der Waals surface area contributed by atoms with Crippen LogP contribution in [0.15, 0.2) is 24.4 Å². The lowest BCUT2D eigenvalue weighted by Crippen LogP contribution is -1.98. The molecule has 1 aromatic carbocycles. The summed E-state index contributed by atoms with van der Waals surface area (Å²) in [5.41, 5.74) is 8.29. The lowest BCUT2D eigenvalue weighted by Gasteiger charge is -2.10. The first-order valence-corrected chi connectivity index (χ1v) is 6.56. The van der Waals surface area contributed by atoms with Gasteiger partial charge >= 0.3 is 0 Å². The first kappa shape index (κ1) is 14.1. The van der Waals surface area contributed by atoms with Crippen LogP contribution in [0.25, 0.3) is 0 Å². The van der Waals surface area contributed by atoms with Crippen molar-refractivity contribution in [2.24, 2.45) is 5.73 Å². The van der Waals surface area contributed by atoms with Crippen molar-refractivity contribution in [2.75, 3.05) is 0 Å². The number of hydrogen-bond donors (Lipinski definition) is 1. The number of benzene rings is 1. The molecule has 2 aromatic rings. The SMILES string of the molecule is Cc1cc(Oc2ncc(CN)cc2Cl)cc(C)c1Cl. The van der Waals surface area contributed by atoms with Crippen molar-refractivity contribution in [1.82, 2.24) is 4.98 Å². The largest absolute Gasteiger partial charge is 0.438 e. The van der Waals surface area contributed by atoms with Gasteiger partial charge in [0.1, 0.15) is 10.8 Å². The molecular weight excluding hydrogens is 283 g/mol. The van der Waals surface area contributed by atoms with E-state index in [0.29, 0.717) is 23.2 Å². The summed E-state index contributed by atoms with van der Waals surface area (Å²) in [6, 6.07) is 5.45. The van der Waals surface area contributed by atoms with E-state index in [0.717, 1.165) is 21.7 Å². The molecule has 0 atom stereocenters. The van der Waals surface area contributed by atoms with Gasteiger partial charge in [0.2, 0.25) is 5.88 Å². The lowest BCUT2D eigenvalue weighted by atomic mass is 10.1. The number of rotatable bonds is 3. The fourth-order valence-corrected chi connectivity index (χ4v) is 2.07. The fraction of sp³-hybridized carbons (Fsp3) is 0.214. The second kappa shape index (κ2) is 5.78. The van der Waals surface area contributed by atoms with Crippen LogP contribution in [-0.2, 0) is 6.54 Å². The standard InChI is InChI=1S/C14H14Cl2N2O/c1-8-3-11(4-9(2)13(8)16)19-14-12(15)5-10(6-17)7-18-14/h3-5,7H,6,17H2,1-2H3. The molecule has 0 saturated carbocycles. The monoisotopic (exact) mass is 296 g/mol. The molecule has 0 saturated heterocycles. The maximum atomic E-state index is 6.11. The second-order valence-corrected chi connectivity index (χ2v) is 5.09. The van der Waals surface area contributed by atoms with Gasteiger partial charge in [0.25, 0.3) is 0 Å². The summed E-state index contributed by atoms with van der Waals surface area (Å²) < 4.78 is 5.68. The minimum absolute atomic E-state index is 0.361. The van der Waals surface area contributed by atoms with E-state index in [4.69, 9.17) is 33.7 Å². The number of ether oxygens (including phenoxy) is 1. The van der Waals surface area contributed by atoms with Gasteiger partial charge in [-0.1, -0.05) is 23.2 Å². The van der Waals surface area contributed by atoms with Gasteiger partial charge in [-0.25, -0.2) is 4.98 Å². The Hall–Kier alpha value is -1.29. The number of nitrogens with zero attached hydrogens (tertiary/aromatic N) is 1. The maximum Gasteiger partial charge on any atom is 0.238 e. The van der Waals surface area contributed by atoms with Gasteiger partial charge in [-0.05, 0) is 48.7 Å². The zero-order chi connectivity index (χ0) is 14.0. The molecule has 1 aromatic heterocycles. The third-order valence-electron chi connectivity index (χ3n) is 2.72. The molecule has 0 radical (unpaired) electrons. The van der Waals surface area contributed by atoms with E-state index in [1.807, 2.05) is 26.0 Å². The molecule has 0 amide bonds. The van der Waals surface area contributed by atoms with Crippen LogP contribution in [0.4, 0.5) is 0 Å². The zero-order valence-corrected chi connectivity index (χ0v) is 12.2. The quantitative estimate of drug-likeness (QED) is 0.921. The first-order chi connectivity index (χ1) is 9.01. The Bertz CT molecular complexity index is 591. The summed E-state index contributed by atoms with van der Waals surface area (Å²) >= 11 is 12.2. The Morgan fingerprint density at radius 2 is 1.79 bits per heavy atom. The van der Waals surface area contributed by atoms with Gasteiger partial charge < -0.3 is 10.5 Å². The van der Waals surface area contributed by atoms with E-state index in [2.05, 4.69) is 4.98 Å². The van der Waals surface area contributed by atoms with Crippen LogP contribution in [0.3, 0.4) is 0 Å². The van der Waals surface area contributed by atoms with Crippen molar-refractivity contribution in [3.8, 4) is 11.6 Å². The summed E-state index contributed by atoms with van der Waals surface area (Å²) in [6.45, 7) is 4.25. The minimum atomic E-state index is 0.361. The van der Waals surface area contributed by atoms with Crippen molar-refractivity contribution < 1.29 is 4.74 Å². The molecule has 5 heteroatoms. The van der Waals surface area contributed by atoms with Crippen molar-refractivity contribution in [2.45, 2.75) is 20.4 Å². The highest BCUT2D eigenvalue weighted by molar-refractivity contribution is 6.32. The molecule has 100 valence electrons. The van der Waals surface area contributed by atoms with Gasteiger partial charge in [-0.2, -0.15) is 0 Å². The van der Waals surface area contributed by atoms with Crippen LogP contribution in [0, 0.1) is 13.8 Å². The number of nitrogens with two attached hydrogens (primary N) is 1. The number of aryl methyl sites for hydroxylation is 2. The van der Waals surface area contributed by atoms with Gasteiger partial charge in [-0.15, -0.1) is 0 Å². The summed E-state index contributed by atoms with van der Waals surface area (Å²) in [5.74, 6) is 1.02. The molecule has 1 heterocycles. The van der Waals surface area contributed by atoms with Crippen molar-refractivity contribution in [1.29, 1.82) is 0 Å². The molecule has 0 aliphatic carbocycles. The summed E-state index contributed by atoms with van der Waals surface area (Å²) in [6.07, 6.45) is 1.65. The Labute approximate surface area is 122 Å². The second-order valence-electron chi connectivity index (χ2n) is 4.31. The molecule has 0 bridgehead atoms. The van der Waals surface area contributed by atoms with Gasteiger partial charge in [-0.3, -0.25) is 0 Å². The average molecular weight is 297 g/mol. The molecule has 0 aliphatic heterocycles. The third-order valence-corrected chi connectivity index (χ3v) is 3.59.